The minimum Gasteiger partial charge on any atom is -0.507 e. The summed E-state index contributed by atoms with van der Waals surface area (Å²) in [7, 11) is 0. The van der Waals surface area contributed by atoms with Crippen molar-refractivity contribution in [1.82, 2.24) is 5.32 Å². The number of carbonyl (C=O) groups is 1. The molecule has 0 radical (unpaired) electrons. The van der Waals surface area contributed by atoms with E-state index in [1.54, 1.807) is 25.1 Å². The highest BCUT2D eigenvalue weighted by Crippen LogP contribution is 2.29. The van der Waals surface area contributed by atoms with E-state index < -0.39 is 0 Å². The fraction of sp³-hybridized carbons (Fsp3) is 0.500. The van der Waals surface area contributed by atoms with Crippen LogP contribution >= 0.6 is 11.8 Å². The zero-order valence-electron chi connectivity index (χ0n) is 10.8. The summed E-state index contributed by atoms with van der Waals surface area (Å²) in [5.74, 6) is -0.0719. The summed E-state index contributed by atoms with van der Waals surface area (Å²) in [6.45, 7) is 1.80. The molecule has 0 bridgehead atoms. The first-order valence-electron chi connectivity index (χ1n) is 6.24. The van der Waals surface area contributed by atoms with Crippen molar-refractivity contribution in [2.45, 2.75) is 37.5 Å². The molecule has 1 fully saturated rings. The number of amides is 1. The van der Waals surface area contributed by atoms with Gasteiger partial charge in [-0.2, -0.15) is 11.8 Å². The molecule has 0 aliphatic heterocycles. The lowest BCUT2D eigenvalue weighted by Crippen LogP contribution is -2.33. The maximum absolute atomic E-state index is 12.1. The van der Waals surface area contributed by atoms with Gasteiger partial charge in [-0.15, -0.1) is 0 Å². The van der Waals surface area contributed by atoms with Gasteiger partial charge in [0, 0.05) is 11.3 Å². The van der Waals surface area contributed by atoms with E-state index in [-0.39, 0.29) is 17.7 Å². The van der Waals surface area contributed by atoms with E-state index in [4.69, 9.17) is 0 Å². The molecule has 2 atom stereocenters. The van der Waals surface area contributed by atoms with Gasteiger partial charge in [0.2, 0.25) is 0 Å². The lowest BCUT2D eigenvalue weighted by molar-refractivity contribution is 0.0935. The van der Waals surface area contributed by atoms with Crippen LogP contribution in [0.3, 0.4) is 0 Å². The second kappa shape index (κ2) is 5.65. The Labute approximate surface area is 112 Å². The standard InChI is InChI=1S/C14H19NO2S/c1-9-4-3-5-12(13(9)16)14(17)15-10-6-7-11(8-10)18-2/h3-5,10-11,16H,6-8H2,1-2H3,(H,15,17). The lowest BCUT2D eigenvalue weighted by Gasteiger charge is -2.14. The summed E-state index contributed by atoms with van der Waals surface area (Å²) in [6, 6.07) is 5.50. The highest BCUT2D eigenvalue weighted by molar-refractivity contribution is 7.99. The number of phenols is 1. The minimum absolute atomic E-state index is 0.0920. The van der Waals surface area contributed by atoms with Crippen molar-refractivity contribution in [2.75, 3.05) is 6.26 Å². The first-order valence-corrected chi connectivity index (χ1v) is 7.53. The SMILES string of the molecule is CSC1CCC(NC(=O)c2cccc(C)c2O)C1. The van der Waals surface area contributed by atoms with E-state index in [9.17, 15) is 9.90 Å². The lowest BCUT2D eigenvalue weighted by atomic mass is 10.1. The molecule has 18 heavy (non-hydrogen) atoms. The van der Waals surface area contributed by atoms with Gasteiger partial charge in [-0.25, -0.2) is 0 Å². The molecule has 1 aliphatic carbocycles. The molecule has 98 valence electrons. The Morgan fingerprint density at radius 1 is 1.44 bits per heavy atom. The number of carbonyl (C=O) groups excluding carboxylic acids is 1. The maximum Gasteiger partial charge on any atom is 0.255 e. The summed E-state index contributed by atoms with van der Waals surface area (Å²) in [5, 5.41) is 13.5. The molecule has 0 aromatic heterocycles. The predicted molar refractivity (Wildman–Crippen MR) is 75.3 cm³/mol. The molecule has 2 unspecified atom stereocenters. The van der Waals surface area contributed by atoms with E-state index in [0.29, 0.717) is 10.8 Å². The van der Waals surface area contributed by atoms with E-state index >= 15 is 0 Å². The van der Waals surface area contributed by atoms with Crippen LogP contribution in [0.5, 0.6) is 5.75 Å². The molecule has 2 N–H and O–H groups in total. The van der Waals surface area contributed by atoms with Crippen molar-refractivity contribution in [3.05, 3.63) is 29.3 Å². The molecule has 0 saturated heterocycles. The number of rotatable bonds is 3. The molecule has 1 aliphatic rings. The summed E-state index contributed by atoms with van der Waals surface area (Å²) < 4.78 is 0. The fourth-order valence-electron chi connectivity index (χ4n) is 2.39. The number of nitrogens with one attached hydrogen (secondary N) is 1. The number of hydrogen-bond donors (Lipinski definition) is 2. The first-order chi connectivity index (χ1) is 8.61. The Hall–Kier alpha value is -1.16. The van der Waals surface area contributed by atoms with Crippen LogP contribution in [-0.4, -0.2) is 28.6 Å². The molecule has 0 heterocycles. The van der Waals surface area contributed by atoms with Gasteiger partial charge in [-0.1, -0.05) is 12.1 Å². The summed E-state index contributed by atoms with van der Waals surface area (Å²) >= 11 is 1.86. The Balaban J connectivity index is 2.02. The number of thioether (sulfide) groups is 1. The number of para-hydroxylation sites is 1. The van der Waals surface area contributed by atoms with Gasteiger partial charge in [0.25, 0.3) is 5.91 Å². The van der Waals surface area contributed by atoms with Crippen LogP contribution in [0.1, 0.15) is 35.2 Å². The third-order valence-electron chi connectivity index (χ3n) is 3.54. The molecular formula is C14H19NO2S. The van der Waals surface area contributed by atoms with Crippen molar-refractivity contribution in [1.29, 1.82) is 0 Å². The molecule has 1 aromatic rings. The Kier molecular flexibility index (Phi) is 4.17. The number of hydrogen-bond acceptors (Lipinski definition) is 3. The third-order valence-corrected chi connectivity index (χ3v) is 4.63. The number of aromatic hydroxyl groups is 1. The van der Waals surface area contributed by atoms with Crippen molar-refractivity contribution < 1.29 is 9.90 Å². The molecule has 2 rings (SSSR count). The van der Waals surface area contributed by atoms with Crippen LogP contribution in [0.15, 0.2) is 18.2 Å². The fourth-order valence-corrected chi connectivity index (χ4v) is 3.19. The molecule has 1 aromatic carbocycles. The zero-order chi connectivity index (χ0) is 13.1. The van der Waals surface area contributed by atoms with E-state index in [0.717, 1.165) is 24.8 Å². The number of aryl methyl sites for hydroxylation is 1. The molecule has 4 heteroatoms. The van der Waals surface area contributed by atoms with Gasteiger partial charge in [-0.05, 0) is 44.1 Å². The van der Waals surface area contributed by atoms with Crippen molar-refractivity contribution in [3.63, 3.8) is 0 Å². The summed E-state index contributed by atoms with van der Waals surface area (Å²) in [6.07, 6.45) is 5.33. The molecule has 0 spiro atoms. The van der Waals surface area contributed by atoms with Gasteiger partial charge in [0.1, 0.15) is 5.75 Å². The second-order valence-electron chi connectivity index (χ2n) is 4.81. The molecular weight excluding hydrogens is 246 g/mol. The number of benzene rings is 1. The van der Waals surface area contributed by atoms with Crippen molar-refractivity contribution in [3.8, 4) is 5.75 Å². The monoisotopic (exact) mass is 265 g/mol. The average Bonchev–Trinajstić information content (AvgIpc) is 2.80. The first kappa shape index (κ1) is 13.3. The van der Waals surface area contributed by atoms with Gasteiger partial charge in [0.15, 0.2) is 0 Å². The highest BCUT2D eigenvalue weighted by atomic mass is 32.2. The summed E-state index contributed by atoms with van der Waals surface area (Å²) in [5.41, 5.74) is 1.11. The van der Waals surface area contributed by atoms with Gasteiger partial charge < -0.3 is 10.4 Å². The van der Waals surface area contributed by atoms with Crippen LogP contribution < -0.4 is 5.32 Å². The quantitative estimate of drug-likeness (QED) is 0.883. The molecule has 3 nitrogen and oxygen atoms in total. The van der Waals surface area contributed by atoms with Crippen molar-refractivity contribution >= 4 is 17.7 Å². The Morgan fingerprint density at radius 3 is 2.89 bits per heavy atom. The molecule has 1 amide bonds. The van der Waals surface area contributed by atoms with Crippen LogP contribution in [-0.2, 0) is 0 Å². The van der Waals surface area contributed by atoms with Gasteiger partial charge in [-0.3, -0.25) is 4.79 Å². The van der Waals surface area contributed by atoms with Crippen molar-refractivity contribution in [2.24, 2.45) is 0 Å². The van der Waals surface area contributed by atoms with Crippen LogP contribution in [0.2, 0.25) is 0 Å². The predicted octanol–water partition coefficient (Wildman–Crippen LogP) is 2.71. The minimum atomic E-state index is -0.164. The van der Waals surface area contributed by atoms with E-state index in [2.05, 4.69) is 11.6 Å². The van der Waals surface area contributed by atoms with Crippen LogP contribution in [0.25, 0.3) is 0 Å². The van der Waals surface area contributed by atoms with Crippen LogP contribution in [0.4, 0.5) is 0 Å². The topological polar surface area (TPSA) is 49.3 Å². The smallest absolute Gasteiger partial charge is 0.255 e. The van der Waals surface area contributed by atoms with Gasteiger partial charge in [0.05, 0.1) is 5.56 Å². The van der Waals surface area contributed by atoms with Gasteiger partial charge >= 0.3 is 0 Å². The highest BCUT2D eigenvalue weighted by Gasteiger charge is 2.26. The molecule has 1 saturated carbocycles. The van der Waals surface area contributed by atoms with E-state index in [1.807, 2.05) is 11.8 Å². The second-order valence-corrected chi connectivity index (χ2v) is 5.95. The average molecular weight is 265 g/mol. The Bertz CT molecular complexity index is 447. The number of phenolic OH excluding ortho intramolecular Hbond substituents is 1. The largest absolute Gasteiger partial charge is 0.507 e. The third kappa shape index (κ3) is 2.80. The van der Waals surface area contributed by atoms with E-state index in [1.165, 1.54) is 0 Å². The summed E-state index contributed by atoms with van der Waals surface area (Å²) in [4.78, 5) is 12.1. The Morgan fingerprint density at radius 2 is 2.22 bits per heavy atom. The normalized spacial score (nSPS) is 23.0. The van der Waals surface area contributed by atoms with Crippen LogP contribution in [0, 0.1) is 6.92 Å². The zero-order valence-corrected chi connectivity index (χ0v) is 11.6. The maximum atomic E-state index is 12.1.